The molecule has 0 fully saturated rings. The smallest absolute Gasteiger partial charge is 0.407 e. The molecule has 0 rings (SSSR count). The van der Waals surface area contributed by atoms with Crippen LogP contribution >= 0.6 is 0 Å². The molecule has 4 N–H and O–H groups in total. The Hall–Kier alpha value is -1.54. The topological polar surface area (TPSA) is 117 Å². The van der Waals surface area contributed by atoms with Crippen LogP contribution in [0.1, 0.15) is 64.2 Å². The summed E-state index contributed by atoms with van der Waals surface area (Å²) in [5.41, 5.74) is 0. The fourth-order valence-corrected chi connectivity index (χ4v) is 2.42. The van der Waals surface area contributed by atoms with Crippen LogP contribution in [0.2, 0.25) is 0 Å². The zero-order valence-corrected chi connectivity index (χ0v) is 15.8. The number of alkyl carbamates (subject to hydrolysis) is 2. The van der Waals surface area contributed by atoms with Crippen molar-refractivity contribution in [3.63, 3.8) is 0 Å². The van der Waals surface area contributed by atoms with Crippen LogP contribution in [0.5, 0.6) is 0 Å². The highest BCUT2D eigenvalue weighted by Gasteiger charge is 2.00. The number of rotatable bonds is 17. The van der Waals surface area contributed by atoms with E-state index in [1.165, 1.54) is 38.5 Å². The zero-order chi connectivity index (χ0) is 19.3. The lowest BCUT2D eigenvalue weighted by molar-refractivity contribution is 0.118. The first kappa shape index (κ1) is 24.5. The number of aliphatic hydroxyl groups is 2. The van der Waals surface area contributed by atoms with E-state index < -0.39 is 12.2 Å². The van der Waals surface area contributed by atoms with Gasteiger partial charge in [-0.25, -0.2) is 9.59 Å². The van der Waals surface area contributed by atoms with Crippen molar-refractivity contribution in [2.75, 3.05) is 39.5 Å². The van der Waals surface area contributed by atoms with Crippen molar-refractivity contribution in [2.24, 2.45) is 0 Å². The third-order valence-corrected chi connectivity index (χ3v) is 3.79. The van der Waals surface area contributed by atoms with E-state index in [2.05, 4.69) is 20.1 Å². The average molecular weight is 376 g/mol. The number of carbonyl (C=O) groups is 2. The normalized spacial score (nSPS) is 10.4. The number of nitrogens with one attached hydrogen (secondary N) is 2. The van der Waals surface area contributed by atoms with Crippen LogP contribution in [0.4, 0.5) is 9.59 Å². The molecule has 2 amide bonds. The molecule has 0 heterocycles. The van der Waals surface area contributed by atoms with Crippen molar-refractivity contribution >= 4 is 12.2 Å². The molecule has 0 saturated carbocycles. The van der Waals surface area contributed by atoms with Crippen LogP contribution in [-0.2, 0) is 9.47 Å². The van der Waals surface area contributed by atoms with Gasteiger partial charge in [0.1, 0.15) is 13.2 Å². The Morgan fingerprint density at radius 3 is 1.19 bits per heavy atom. The van der Waals surface area contributed by atoms with E-state index in [1.807, 2.05) is 0 Å². The lowest BCUT2D eigenvalue weighted by atomic mass is 10.1. The highest BCUT2D eigenvalue weighted by atomic mass is 16.6. The first-order valence-electron chi connectivity index (χ1n) is 9.73. The largest absolute Gasteiger partial charge is 0.447 e. The summed E-state index contributed by atoms with van der Waals surface area (Å²) in [5, 5.41) is 22.3. The van der Waals surface area contributed by atoms with Gasteiger partial charge in [0.2, 0.25) is 0 Å². The number of amides is 2. The molecule has 0 bridgehead atoms. The quantitative estimate of drug-likeness (QED) is 0.289. The van der Waals surface area contributed by atoms with Crippen molar-refractivity contribution in [1.29, 1.82) is 0 Å². The van der Waals surface area contributed by atoms with Crippen LogP contribution in [0.15, 0.2) is 0 Å². The number of ether oxygens (including phenoxy) is 2. The molecule has 8 heteroatoms. The Morgan fingerprint density at radius 2 is 0.885 bits per heavy atom. The number of aliphatic hydroxyl groups excluding tert-OH is 2. The Bertz CT molecular complexity index is 310. The number of unbranched alkanes of at least 4 members (excludes halogenated alkanes) is 9. The van der Waals surface area contributed by atoms with Gasteiger partial charge in [-0.15, -0.1) is 0 Å². The second-order valence-electron chi connectivity index (χ2n) is 6.11. The minimum Gasteiger partial charge on any atom is -0.447 e. The second-order valence-corrected chi connectivity index (χ2v) is 6.11. The molecular weight excluding hydrogens is 340 g/mol. The van der Waals surface area contributed by atoms with Gasteiger partial charge in [0.25, 0.3) is 0 Å². The zero-order valence-electron chi connectivity index (χ0n) is 15.8. The summed E-state index contributed by atoms with van der Waals surface area (Å²) < 4.78 is 9.38. The fourth-order valence-electron chi connectivity index (χ4n) is 2.42. The second kappa shape index (κ2) is 19.8. The van der Waals surface area contributed by atoms with Gasteiger partial charge in [0.05, 0.1) is 13.2 Å². The number of carbonyl (C=O) groups excluding carboxylic acids is 2. The lowest BCUT2D eigenvalue weighted by Gasteiger charge is -2.06. The van der Waals surface area contributed by atoms with Crippen molar-refractivity contribution < 1.29 is 29.3 Å². The maximum Gasteiger partial charge on any atom is 0.407 e. The van der Waals surface area contributed by atoms with Crippen LogP contribution < -0.4 is 10.6 Å². The summed E-state index contributed by atoms with van der Waals surface area (Å²) in [6.45, 7) is 1.02. The molecule has 154 valence electrons. The molecule has 0 atom stereocenters. The SMILES string of the molecule is O=C(NCCCCCCCCCCCCNC(=O)OCCO)OCCO. The van der Waals surface area contributed by atoms with Gasteiger partial charge in [-0.1, -0.05) is 51.4 Å². The van der Waals surface area contributed by atoms with E-state index in [1.54, 1.807) is 0 Å². The summed E-state index contributed by atoms with van der Waals surface area (Å²) >= 11 is 0. The van der Waals surface area contributed by atoms with E-state index >= 15 is 0 Å². The highest BCUT2D eigenvalue weighted by Crippen LogP contribution is 2.10. The third-order valence-electron chi connectivity index (χ3n) is 3.79. The molecule has 0 aromatic heterocycles. The summed E-state index contributed by atoms with van der Waals surface area (Å²) in [5.74, 6) is 0. The van der Waals surface area contributed by atoms with E-state index in [0.717, 1.165) is 25.7 Å². The van der Waals surface area contributed by atoms with Gasteiger partial charge >= 0.3 is 12.2 Å². The maximum atomic E-state index is 11.1. The van der Waals surface area contributed by atoms with Gasteiger partial charge < -0.3 is 30.3 Å². The van der Waals surface area contributed by atoms with Crippen LogP contribution in [0, 0.1) is 0 Å². The molecule has 26 heavy (non-hydrogen) atoms. The standard InChI is InChI=1S/C18H36N2O6/c21-13-15-25-17(23)19-11-9-7-5-3-1-2-4-6-8-10-12-20-18(24)26-16-14-22/h21-22H,1-16H2,(H,19,23)(H,20,24). The van der Waals surface area contributed by atoms with Gasteiger partial charge in [-0.3, -0.25) is 0 Å². The predicted molar refractivity (Wildman–Crippen MR) is 99.0 cm³/mol. The van der Waals surface area contributed by atoms with Gasteiger partial charge in [0, 0.05) is 13.1 Å². The summed E-state index contributed by atoms with van der Waals surface area (Å²) in [7, 11) is 0. The van der Waals surface area contributed by atoms with Gasteiger partial charge in [0.15, 0.2) is 0 Å². The maximum absolute atomic E-state index is 11.1. The highest BCUT2D eigenvalue weighted by molar-refractivity contribution is 5.67. The minimum atomic E-state index is -0.462. The molecule has 8 nitrogen and oxygen atoms in total. The van der Waals surface area contributed by atoms with Crippen LogP contribution in [0.25, 0.3) is 0 Å². The molecule has 0 unspecified atom stereocenters. The van der Waals surface area contributed by atoms with Crippen molar-refractivity contribution in [2.45, 2.75) is 64.2 Å². The summed E-state index contributed by atoms with van der Waals surface area (Å²) in [6, 6.07) is 0. The average Bonchev–Trinajstić information content (AvgIpc) is 2.64. The van der Waals surface area contributed by atoms with Crippen molar-refractivity contribution in [1.82, 2.24) is 10.6 Å². The number of hydrogen-bond donors (Lipinski definition) is 4. The van der Waals surface area contributed by atoms with E-state index in [-0.39, 0.29) is 26.4 Å². The molecule has 0 radical (unpaired) electrons. The molecule has 0 aliphatic heterocycles. The minimum absolute atomic E-state index is 0.0412. The molecule has 0 aromatic rings. The summed E-state index contributed by atoms with van der Waals surface area (Å²) in [6.07, 6.45) is 10.4. The Morgan fingerprint density at radius 1 is 0.577 bits per heavy atom. The van der Waals surface area contributed by atoms with E-state index in [9.17, 15) is 9.59 Å². The first-order valence-corrected chi connectivity index (χ1v) is 9.73. The number of hydrogen-bond acceptors (Lipinski definition) is 6. The van der Waals surface area contributed by atoms with E-state index in [4.69, 9.17) is 10.2 Å². The van der Waals surface area contributed by atoms with Crippen molar-refractivity contribution in [3.8, 4) is 0 Å². The Kier molecular flexibility index (Phi) is 18.6. The van der Waals surface area contributed by atoms with Crippen molar-refractivity contribution in [3.05, 3.63) is 0 Å². The molecule has 0 aromatic carbocycles. The van der Waals surface area contributed by atoms with Gasteiger partial charge in [-0.05, 0) is 12.8 Å². The first-order chi connectivity index (χ1) is 12.7. The lowest BCUT2D eigenvalue weighted by Crippen LogP contribution is -2.26. The molecular formula is C18H36N2O6. The van der Waals surface area contributed by atoms with Gasteiger partial charge in [-0.2, -0.15) is 0 Å². The molecule has 0 saturated heterocycles. The van der Waals surface area contributed by atoms with Crippen LogP contribution in [0.3, 0.4) is 0 Å². The molecule has 0 aliphatic rings. The fraction of sp³-hybridized carbons (Fsp3) is 0.889. The Balaban J connectivity index is 3.13. The molecule has 0 aliphatic carbocycles. The monoisotopic (exact) mass is 376 g/mol. The predicted octanol–water partition coefficient (Wildman–Crippen LogP) is 2.32. The molecule has 0 spiro atoms. The summed E-state index contributed by atoms with van der Waals surface area (Å²) in [4.78, 5) is 22.2. The van der Waals surface area contributed by atoms with E-state index in [0.29, 0.717) is 13.1 Å². The Labute approximate surface area is 156 Å². The van der Waals surface area contributed by atoms with Crippen LogP contribution in [-0.4, -0.2) is 61.9 Å². The third kappa shape index (κ3) is 18.8.